The lowest BCUT2D eigenvalue weighted by atomic mass is 9.67. The van der Waals surface area contributed by atoms with Crippen LogP contribution in [0.4, 0.5) is 0 Å². The maximum Gasteiger partial charge on any atom is 0.293 e. The molecule has 3 atom stereocenters. The van der Waals surface area contributed by atoms with Gasteiger partial charge in [-0.05, 0) is 63.2 Å². The Morgan fingerprint density at radius 2 is 2.33 bits per heavy atom. The van der Waals surface area contributed by atoms with Crippen LogP contribution in [0.15, 0.2) is 35.5 Å². The third-order valence-corrected chi connectivity index (χ3v) is 5.29. The summed E-state index contributed by atoms with van der Waals surface area (Å²) in [6.07, 6.45) is 14.8. The van der Waals surface area contributed by atoms with E-state index in [9.17, 15) is 4.79 Å². The molecule has 0 radical (unpaired) electrons. The van der Waals surface area contributed by atoms with E-state index >= 15 is 0 Å². The molecule has 0 unspecified atom stereocenters. The predicted molar refractivity (Wildman–Crippen MR) is 86.8 cm³/mol. The standard InChI is InChI=1S/C19H28O2/c1-15(2)7-6-8-16(13-21-14-20)18-11-10-17-9-4-5-12-19(17,18)3/h4-5,7,9,14,16,18H,6,8,10-13H2,1-3H3/t16-,18+,19-/m0/s1. The summed E-state index contributed by atoms with van der Waals surface area (Å²) in [6.45, 7) is 7.84. The second kappa shape index (κ2) is 7.11. The molecule has 2 rings (SSSR count). The number of hydrogen-bond donors (Lipinski definition) is 0. The van der Waals surface area contributed by atoms with Gasteiger partial charge in [0.2, 0.25) is 0 Å². The molecule has 2 nitrogen and oxygen atoms in total. The van der Waals surface area contributed by atoms with Crippen LogP contribution in [0, 0.1) is 17.3 Å². The largest absolute Gasteiger partial charge is 0.468 e. The van der Waals surface area contributed by atoms with E-state index in [1.807, 2.05) is 0 Å². The molecule has 2 aliphatic carbocycles. The number of hydrogen-bond acceptors (Lipinski definition) is 2. The Balaban J connectivity index is 2.09. The topological polar surface area (TPSA) is 26.3 Å². The Hall–Kier alpha value is -1.31. The molecule has 0 aromatic carbocycles. The van der Waals surface area contributed by atoms with E-state index in [1.165, 1.54) is 18.4 Å². The summed E-state index contributed by atoms with van der Waals surface area (Å²) < 4.78 is 5.15. The Kier molecular flexibility index (Phi) is 5.44. The van der Waals surface area contributed by atoms with Crippen molar-refractivity contribution >= 4 is 6.47 Å². The minimum Gasteiger partial charge on any atom is -0.468 e. The Bertz CT molecular complexity index is 454. The molecule has 2 heteroatoms. The first-order valence-electron chi connectivity index (χ1n) is 8.12. The fourth-order valence-electron chi connectivity index (χ4n) is 4.11. The van der Waals surface area contributed by atoms with Crippen LogP contribution >= 0.6 is 0 Å². The van der Waals surface area contributed by atoms with Crippen molar-refractivity contribution in [1.29, 1.82) is 0 Å². The van der Waals surface area contributed by atoms with Gasteiger partial charge in [0.1, 0.15) is 0 Å². The van der Waals surface area contributed by atoms with Gasteiger partial charge in [0.05, 0.1) is 6.61 Å². The highest BCUT2D eigenvalue weighted by Crippen LogP contribution is 2.54. The van der Waals surface area contributed by atoms with Crippen molar-refractivity contribution in [2.24, 2.45) is 17.3 Å². The molecular weight excluding hydrogens is 260 g/mol. The van der Waals surface area contributed by atoms with Gasteiger partial charge in [-0.1, -0.05) is 42.4 Å². The molecule has 0 amide bonds. The van der Waals surface area contributed by atoms with Gasteiger partial charge in [0.15, 0.2) is 0 Å². The number of rotatable bonds is 7. The number of carbonyl (C=O) groups excluding carboxylic acids is 1. The van der Waals surface area contributed by atoms with E-state index in [4.69, 9.17) is 4.74 Å². The van der Waals surface area contributed by atoms with Crippen molar-refractivity contribution < 1.29 is 9.53 Å². The van der Waals surface area contributed by atoms with Crippen LogP contribution in [0.1, 0.15) is 52.9 Å². The number of ether oxygens (including phenoxy) is 1. The van der Waals surface area contributed by atoms with E-state index in [1.54, 1.807) is 5.57 Å². The van der Waals surface area contributed by atoms with Gasteiger partial charge in [-0.25, -0.2) is 0 Å². The highest BCUT2D eigenvalue weighted by Gasteiger charge is 2.45. The molecule has 1 fully saturated rings. The van der Waals surface area contributed by atoms with Crippen molar-refractivity contribution in [1.82, 2.24) is 0 Å². The van der Waals surface area contributed by atoms with Crippen LogP contribution in [0.2, 0.25) is 0 Å². The minimum atomic E-state index is 0.274. The Morgan fingerprint density at radius 3 is 3.05 bits per heavy atom. The van der Waals surface area contributed by atoms with Crippen LogP contribution in [-0.2, 0) is 9.53 Å². The number of fused-ring (bicyclic) bond motifs is 1. The first kappa shape index (κ1) is 16.1. The number of allylic oxidation sites excluding steroid dienone is 6. The SMILES string of the molecule is CC(C)=CCC[C@@H](COC=O)[C@H]1CCC2=CC=CC[C@@]21C. The molecular formula is C19H28O2. The molecule has 1 saturated carbocycles. The minimum absolute atomic E-state index is 0.274. The fraction of sp³-hybridized carbons (Fsp3) is 0.632. The molecule has 116 valence electrons. The maximum atomic E-state index is 10.6. The van der Waals surface area contributed by atoms with Crippen LogP contribution in [-0.4, -0.2) is 13.1 Å². The van der Waals surface area contributed by atoms with Crippen molar-refractivity contribution in [3.8, 4) is 0 Å². The summed E-state index contributed by atoms with van der Waals surface area (Å²) >= 11 is 0. The van der Waals surface area contributed by atoms with E-state index in [0.717, 1.165) is 19.3 Å². The average Bonchev–Trinajstić information content (AvgIpc) is 2.79. The Labute approximate surface area is 129 Å². The zero-order valence-corrected chi connectivity index (χ0v) is 13.6. The van der Waals surface area contributed by atoms with E-state index < -0.39 is 0 Å². The summed E-state index contributed by atoms with van der Waals surface area (Å²) in [5.74, 6) is 1.09. The molecule has 0 N–H and O–H groups in total. The number of carbonyl (C=O) groups is 1. The van der Waals surface area contributed by atoms with Gasteiger partial charge in [-0.3, -0.25) is 4.79 Å². The molecule has 21 heavy (non-hydrogen) atoms. The van der Waals surface area contributed by atoms with Gasteiger partial charge in [-0.2, -0.15) is 0 Å². The molecule has 0 aromatic rings. The summed E-state index contributed by atoms with van der Waals surface area (Å²) in [5, 5.41) is 0. The fourth-order valence-corrected chi connectivity index (χ4v) is 4.11. The summed E-state index contributed by atoms with van der Waals surface area (Å²) in [7, 11) is 0. The summed E-state index contributed by atoms with van der Waals surface area (Å²) in [5.41, 5.74) is 3.23. The van der Waals surface area contributed by atoms with Gasteiger partial charge >= 0.3 is 0 Å². The van der Waals surface area contributed by atoms with Crippen molar-refractivity contribution in [3.05, 3.63) is 35.5 Å². The average molecular weight is 288 g/mol. The van der Waals surface area contributed by atoms with Gasteiger partial charge < -0.3 is 4.74 Å². The smallest absolute Gasteiger partial charge is 0.293 e. The van der Waals surface area contributed by atoms with Gasteiger partial charge in [-0.15, -0.1) is 0 Å². The van der Waals surface area contributed by atoms with Gasteiger partial charge in [0, 0.05) is 0 Å². The van der Waals surface area contributed by atoms with Crippen LogP contribution < -0.4 is 0 Å². The molecule has 0 aromatic heterocycles. The first-order chi connectivity index (χ1) is 10.1. The predicted octanol–water partition coefficient (Wildman–Crippen LogP) is 4.82. The summed E-state index contributed by atoms with van der Waals surface area (Å²) in [6, 6.07) is 0. The van der Waals surface area contributed by atoms with E-state index in [0.29, 0.717) is 24.9 Å². The molecule has 0 aliphatic heterocycles. The van der Waals surface area contributed by atoms with Crippen LogP contribution in [0.5, 0.6) is 0 Å². The monoisotopic (exact) mass is 288 g/mol. The third-order valence-electron chi connectivity index (χ3n) is 5.29. The van der Waals surface area contributed by atoms with E-state index in [2.05, 4.69) is 45.1 Å². The van der Waals surface area contributed by atoms with Gasteiger partial charge in [0.25, 0.3) is 6.47 Å². The Morgan fingerprint density at radius 1 is 1.52 bits per heavy atom. The highest BCUT2D eigenvalue weighted by molar-refractivity contribution is 5.37. The zero-order valence-electron chi connectivity index (χ0n) is 13.6. The second-order valence-electron chi connectivity index (χ2n) is 6.94. The lowest BCUT2D eigenvalue weighted by molar-refractivity contribution is -0.131. The summed E-state index contributed by atoms with van der Waals surface area (Å²) in [4.78, 5) is 10.6. The first-order valence-corrected chi connectivity index (χ1v) is 8.12. The lowest BCUT2D eigenvalue weighted by Gasteiger charge is -2.38. The molecule has 0 bridgehead atoms. The second-order valence-corrected chi connectivity index (χ2v) is 6.94. The van der Waals surface area contributed by atoms with Crippen LogP contribution in [0.3, 0.4) is 0 Å². The van der Waals surface area contributed by atoms with Crippen molar-refractivity contribution in [2.45, 2.75) is 52.9 Å². The quantitative estimate of drug-likeness (QED) is 0.495. The lowest BCUT2D eigenvalue weighted by Crippen LogP contribution is -2.32. The normalized spacial score (nSPS) is 28.5. The highest BCUT2D eigenvalue weighted by atomic mass is 16.5. The third kappa shape index (κ3) is 3.66. The van der Waals surface area contributed by atoms with Crippen LogP contribution in [0.25, 0.3) is 0 Å². The molecule has 0 heterocycles. The van der Waals surface area contributed by atoms with Crippen molar-refractivity contribution in [2.75, 3.05) is 6.61 Å². The van der Waals surface area contributed by atoms with Crippen molar-refractivity contribution in [3.63, 3.8) is 0 Å². The molecule has 0 saturated heterocycles. The molecule has 2 aliphatic rings. The molecule has 0 spiro atoms. The maximum absolute atomic E-state index is 10.6. The van der Waals surface area contributed by atoms with E-state index in [-0.39, 0.29) is 5.41 Å². The zero-order chi connectivity index (χ0) is 15.3.